The van der Waals surface area contributed by atoms with Crippen LogP contribution in [0.4, 0.5) is 5.69 Å². The van der Waals surface area contributed by atoms with Gasteiger partial charge in [-0.05, 0) is 25.5 Å². The first-order valence-corrected chi connectivity index (χ1v) is 5.84. The van der Waals surface area contributed by atoms with E-state index in [1.807, 2.05) is 13.8 Å². The quantitative estimate of drug-likeness (QED) is 0.677. The number of benzene rings is 1. The van der Waals surface area contributed by atoms with Crippen molar-refractivity contribution in [1.29, 1.82) is 0 Å². The highest BCUT2D eigenvalue weighted by Gasteiger charge is 2.39. The Labute approximate surface area is 113 Å². The lowest BCUT2D eigenvalue weighted by atomic mass is 10.1. The van der Waals surface area contributed by atoms with E-state index >= 15 is 0 Å². The third kappa shape index (κ3) is 2.08. The minimum Gasteiger partial charge on any atom is -0.398 e. The predicted octanol–water partition coefficient (Wildman–Crippen LogP) is 2.48. The van der Waals surface area contributed by atoms with Crippen LogP contribution in [0, 0.1) is 0 Å². The lowest BCUT2D eigenvalue weighted by molar-refractivity contribution is 0.0590. The first-order valence-electron chi connectivity index (χ1n) is 5.84. The van der Waals surface area contributed by atoms with Crippen molar-refractivity contribution in [3.63, 3.8) is 0 Å². The second-order valence-electron chi connectivity index (χ2n) is 4.39. The number of carbonyl (C=O) groups is 2. The number of nitrogens with zero attached hydrogens (tertiary/aromatic N) is 1. The standard InChI is InChI=1S/C13H16N2O2.ClH/c1-3-5-8(2)15-12(16)9-6-4-7-10(14)11(9)13(15)17;/h4,6-8H,3,5,14H2,1-2H3;1H. The van der Waals surface area contributed by atoms with E-state index in [9.17, 15) is 9.59 Å². The van der Waals surface area contributed by atoms with Crippen LogP contribution in [-0.4, -0.2) is 22.8 Å². The van der Waals surface area contributed by atoms with Crippen LogP contribution in [0.2, 0.25) is 0 Å². The minimum atomic E-state index is -0.260. The third-order valence-corrected chi connectivity index (χ3v) is 3.13. The molecule has 0 radical (unpaired) electrons. The molecule has 18 heavy (non-hydrogen) atoms. The van der Waals surface area contributed by atoms with Crippen molar-refractivity contribution in [2.45, 2.75) is 32.7 Å². The topological polar surface area (TPSA) is 63.4 Å². The van der Waals surface area contributed by atoms with E-state index in [-0.39, 0.29) is 30.3 Å². The summed E-state index contributed by atoms with van der Waals surface area (Å²) < 4.78 is 0. The van der Waals surface area contributed by atoms with Gasteiger partial charge in [0.15, 0.2) is 0 Å². The fourth-order valence-electron chi connectivity index (χ4n) is 2.28. The van der Waals surface area contributed by atoms with E-state index in [2.05, 4.69) is 0 Å². The number of imide groups is 1. The van der Waals surface area contributed by atoms with Crippen LogP contribution >= 0.6 is 12.4 Å². The van der Waals surface area contributed by atoms with Crippen molar-refractivity contribution in [2.75, 3.05) is 5.73 Å². The molecule has 2 amide bonds. The van der Waals surface area contributed by atoms with Gasteiger partial charge in [-0.2, -0.15) is 0 Å². The molecule has 0 saturated heterocycles. The van der Waals surface area contributed by atoms with Crippen LogP contribution in [0.25, 0.3) is 0 Å². The molecule has 0 aromatic heterocycles. The highest BCUT2D eigenvalue weighted by molar-refractivity contribution is 6.23. The molecule has 0 spiro atoms. The molecule has 1 unspecified atom stereocenters. The number of rotatable bonds is 3. The van der Waals surface area contributed by atoms with Gasteiger partial charge in [-0.1, -0.05) is 19.4 Å². The fourth-order valence-corrected chi connectivity index (χ4v) is 2.28. The second-order valence-corrected chi connectivity index (χ2v) is 4.39. The van der Waals surface area contributed by atoms with Gasteiger partial charge in [0.2, 0.25) is 0 Å². The molecule has 2 N–H and O–H groups in total. The predicted molar refractivity (Wildman–Crippen MR) is 73.0 cm³/mol. The summed E-state index contributed by atoms with van der Waals surface area (Å²) in [5.74, 6) is -0.484. The molecule has 4 nitrogen and oxygen atoms in total. The second kappa shape index (κ2) is 5.40. The van der Waals surface area contributed by atoms with Crippen LogP contribution in [-0.2, 0) is 0 Å². The lowest BCUT2D eigenvalue weighted by Crippen LogP contribution is -2.37. The molecule has 0 bridgehead atoms. The number of nitrogen functional groups attached to an aromatic ring is 1. The van der Waals surface area contributed by atoms with Crippen LogP contribution in [0.1, 0.15) is 47.4 Å². The molecule has 0 saturated carbocycles. The van der Waals surface area contributed by atoms with Crippen molar-refractivity contribution in [3.8, 4) is 0 Å². The third-order valence-electron chi connectivity index (χ3n) is 3.13. The highest BCUT2D eigenvalue weighted by Crippen LogP contribution is 2.29. The SMILES string of the molecule is CCCC(C)N1C(=O)c2cccc(N)c2C1=O.Cl. The Hall–Kier alpha value is -1.55. The number of halogens is 1. The number of nitrogens with two attached hydrogens (primary N) is 1. The van der Waals surface area contributed by atoms with Crippen molar-refractivity contribution < 1.29 is 9.59 Å². The van der Waals surface area contributed by atoms with E-state index in [0.29, 0.717) is 16.8 Å². The van der Waals surface area contributed by atoms with Gasteiger partial charge in [0, 0.05) is 11.7 Å². The molecule has 2 rings (SSSR count). The fraction of sp³-hybridized carbons (Fsp3) is 0.385. The van der Waals surface area contributed by atoms with E-state index in [4.69, 9.17) is 5.73 Å². The van der Waals surface area contributed by atoms with Crippen molar-refractivity contribution in [2.24, 2.45) is 0 Å². The Balaban J connectivity index is 0.00000162. The molecule has 0 aliphatic carbocycles. The molecule has 1 heterocycles. The van der Waals surface area contributed by atoms with E-state index < -0.39 is 0 Å². The Morgan fingerprint density at radius 1 is 1.28 bits per heavy atom. The maximum atomic E-state index is 12.2. The number of hydrogen-bond donors (Lipinski definition) is 1. The summed E-state index contributed by atoms with van der Waals surface area (Å²) in [5, 5.41) is 0. The summed E-state index contributed by atoms with van der Waals surface area (Å²) in [6, 6.07) is 4.93. The number of fused-ring (bicyclic) bond motifs is 1. The number of hydrogen-bond acceptors (Lipinski definition) is 3. The first kappa shape index (κ1) is 14.5. The van der Waals surface area contributed by atoms with E-state index in [0.717, 1.165) is 12.8 Å². The Morgan fingerprint density at radius 3 is 2.50 bits per heavy atom. The van der Waals surface area contributed by atoms with Gasteiger partial charge in [0.25, 0.3) is 11.8 Å². The van der Waals surface area contributed by atoms with Gasteiger partial charge in [0.1, 0.15) is 0 Å². The molecule has 1 aromatic rings. The zero-order valence-electron chi connectivity index (χ0n) is 10.5. The van der Waals surface area contributed by atoms with Crippen molar-refractivity contribution in [1.82, 2.24) is 4.90 Å². The summed E-state index contributed by atoms with van der Waals surface area (Å²) in [7, 11) is 0. The summed E-state index contributed by atoms with van der Waals surface area (Å²) in [6.45, 7) is 3.92. The van der Waals surface area contributed by atoms with Crippen molar-refractivity contribution in [3.05, 3.63) is 29.3 Å². The average Bonchev–Trinajstić information content (AvgIpc) is 2.53. The van der Waals surface area contributed by atoms with Crippen LogP contribution in [0.3, 0.4) is 0 Å². The molecule has 1 atom stereocenters. The zero-order valence-corrected chi connectivity index (χ0v) is 11.3. The number of anilines is 1. The lowest BCUT2D eigenvalue weighted by Gasteiger charge is -2.21. The normalized spacial score (nSPS) is 15.3. The van der Waals surface area contributed by atoms with Crippen molar-refractivity contribution >= 4 is 29.9 Å². The van der Waals surface area contributed by atoms with Gasteiger partial charge in [-0.25, -0.2) is 0 Å². The smallest absolute Gasteiger partial charge is 0.263 e. The maximum absolute atomic E-state index is 12.2. The van der Waals surface area contributed by atoms with Gasteiger partial charge in [-0.3, -0.25) is 14.5 Å². The van der Waals surface area contributed by atoms with Gasteiger partial charge in [0.05, 0.1) is 11.1 Å². The minimum absolute atomic E-state index is 0. The average molecular weight is 269 g/mol. The molecular formula is C13H17ClN2O2. The molecule has 5 heteroatoms. The van der Waals surface area contributed by atoms with Gasteiger partial charge in [-0.15, -0.1) is 12.4 Å². The Bertz CT molecular complexity index is 488. The summed E-state index contributed by atoms with van der Waals surface area (Å²) >= 11 is 0. The Kier molecular flexibility index (Phi) is 4.35. The van der Waals surface area contributed by atoms with Gasteiger partial charge < -0.3 is 5.73 Å². The monoisotopic (exact) mass is 268 g/mol. The molecule has 1 aromatic carbocycles. The zero-order chi connectivity index (χ0) is 12.6. The first-order chi connectivity index (χ1) is 8.07. The summed E-state index contributed by atoms with van der Waals surface area (Å²) in [6.07, 6.45) is 1.75. The molecule has 0 fully saturated rings. The molecule has 98 valence electrons. The Morgan fingerprint density at radius 2 is 1.94 bits per heavy atom. The van der Waals surface area contributed by atoms with Crippen LogP contribution in [0.15, 0.2) is 18.2 Å². The van der Waals surface area contributed by atoms with E-state index in [1.54, 1.807) is 18.2 Å². The molecule has 1 aliphatic heterocycles. The summed E-state index contributed by atoms with van der Waals surface area (Å²) in [4.78, 5) is 25.6. The van der Waals surface area contributed by atoms with Crippen LogP contribution < -0.4 is 5.73 Å². The molecular weight excluding hydrogens is 252 g/mol. The number of amides is 2. The van der Waals surface area contributed by atoms with Gasteiger partial charge >= 0.3 is 0 Å². The number of carbonyl (C=O) groups excluding carboxylic acids is 2. The summed E-state index contributed by atoms with van der Waals surface area (Å²) in [5.41, 5.74) is 6.93. The largest absolute Gasteiger partial charge is 0.398 e. The maximum Gasteiger partial charge on any atom is 0.263 e. The highest BCUT2D eigenvalue weighted by atomic mass is 35.5. The van der Waals surface area contributed by atoms with Crippen LogP contribution in [0.5, 0.6) is 0 Å². The van der Waals surface area contributed by atoms with E-state index in [1.165, 1.54) is 4.90 Å². The molecule has 1 aliphatic rings.